The lowest BCUT2D eigenvalue weighted by Crippen LogP contribution is -2.50. The number of nitrogens with one attached hydrogen (secondary N) is 2. The average molecular weight is 408 g/mol. The molecule has 2 aromatic carbocycles. The van der Waals surface area contributed by atoms with Gasteiger partial charge in [-0.25, -0.2) is 0 Å². The topological polar surface area (TPSA) is 67.8 Å². The van der Waals surface area contributed by atoms with Crippen LogP contribution < -0.4 is 10.6 Å². The minimum atomic E-state index is -0.0396. The van der Waals surface area contributed by atoms with E-state index < -0.39 is 0 Å². The van der Waals surface area contributed by atoms with Crippen LogP contribution >= 0.6 is 12.2 Å². The Morgan fingerprint density at radius 2 is 1.69 bits per heavy atom. The quantitative estimate of drug-likeness (QED) is 0.580. The third-order valence-corrected chi connectivity index (χ3v) is 5.51. The van der Waals surface area contributed by atoms with E-state index in [4.69, 9.17) is 12.2 Å². The molecule has 0 saturated carbocycles. The first-order valence-electron chi connectivity index (χ1n) is 9.85. The van der Waals surface area contributed by atoms with E-state index in [1.807, 2.05) is 24.3 Å². The van der Waals surface area contributed by atoms with Gasteiger partial charge in [0, 0.05) is 18.8 Å². The van der Waals surface area contributed by atoms with Crippen molar-refractivity contribution in [2.45, 2.75) is 19.4 Å². The van der Waals surface area contributed by atoms with Gasteiger partial charge in [-0.1, -0.05) is 31.2 Å². The van der Waals surface area contributed by atoms with Crippen LogP contribution in [0.3, 0.4) is 0 Å². The third kappa shape index (κ3) is 4.28. The van der Waals surface area contributed by atoms with E-state index in [1.54, 1.807) is 24.3 Å². The lowest BCUT2D eigenvalue weighted by Gasteiger charge is -2.40. The van der Waals surface area contributed by atoms with Crippen molar-refractivity contribution in [3.05, 3.63) is 76.5 Å². The zero-order chi connectivity index (χ0) is 20.4. The summed E-state index contributed by atoms with van der Waals surface area (Å²) in [6.07, 6.45) is 3.24. The first kappa shape index (κ1) is 19.5. The van der Waals surface area contributed by atoms with Crippen molar-refractivity contribution in [2.75, 3.05) is 19.6 Å². The first-order chi connectivity index (χ1) is 14.0. The van der Waals surface area contributed by atoms with Gasteiger partial charge in [0.15, 0.2) is 5.11 Å². The molecule has 4 N–H and O–H groups in total. The molecule has 2 heterocycles. The van der Waals surface area contributed by atoms with E-state index >= 15 is 0 Å². The summed E-state index contributed by atoms with van der Waals surface area (Å²) >= 11 is 5.51. The van der Waals surface area contributed by atoms with Crippen molar-refractivity contribution in [3.8, 4) is 11.5 Å². The van der Waals surface area contributed by atoms with Crippen molar-refractivity contribution in [1.82, 2.24) is 15.5 Å². The molecule has 0 saturated heterocycles. The second-order valence-electron chi connectivity index (χ2n) is 7.50. The number of aromatic hydroxyl groups is 2. The second-order valence-corrected chi connectivity index (χ2v) is 7.90. The van der Waals surface area contributed by atoms with Crippen LogP contribution in [0.25, 0.3) is 6.08 Å². The van der Waals surface area contributed by atoms with E-state index in [1.165, 1.54) is 11.1 Å². The maximum Gasteiger partial charge on any atom is 0.171 e. The van der Waals surface area contributed by atoms with Gasteiger partial charge in [0.1, 0.15) is 11.5 Å². The van der Waals surface area contributed by atoms with Crippen LogP contribution in [0.1, 0.15) is 30.5 Å². The molecule has 1 unspecified atom stereocenters. The Hall–Kier alpha value is -2.83. The van der Waals surface area contributed by atoms with Crippen LogP contribution in [0.4, 0.5) is 0 Å². The van der Waals surface area contributed by atoms with Gasteiger partial charge in [-0.2, -0.15) is 0 Å². The summed E-state index contributed by atoms with van der Waals surface area (Å²) in [6, 6.07) is 14.5. The van der Waals surface area contributed by atoms with E-state index in [-0.39, 0.29) is 17.5 Å². The number of rotatable bonds is 4. The highest BCUT2D eigenvalue weighted by molar-refractivity contribution is 7.80. The molecule has 2 aromatic rings. The molecule has 0 radical (unpaired) electrons. The van der Waals surface area contributed by atoms with Gasteiger partial charge in [-0.3, -0.25) is 4.90 Å². The molecule has 2 aliphatic heterocycles. The van der Waals surface area contributed by atoms with Gasteiger partial charge in [-0.05, 0) is 77.8 Å². The molecule has 0 aliphatic carbocycles. The fraction of sp³-hybridized carbons (Fsp3) is 0.261. The highest BCUT2D eigenvalue weighted by atomic mass is 32.1. The highest BCUT2D eigenvalue weighted by Crippen LogP contribution is 2.35. The molecule has 1 atom stereocenters. The number of nitrogens with zero attached hydrogens (tertiary/aromatic N) is 1. The Labute approximate surface area is 176 Å². The number of phenols is 2. The normalized spacial score (nSPS) is 20.9. The molecule has 0 amide bonds. The zero-order valence-electron chi connectivity index (χ0n) is 16.4. The molecular weight excluding hydrogens is 382 g/mol. The molecule has 5 nitrogen and oxygen atoms in total. The molecule has 0 bridgehead atoms. The lowest BCUT2D eigenvalue weighted by molar-refractivity contribution is 0.301. The fourth-order valence-electron chi connectivity index (χ4n) is 3.98. The van der Waals surface area contributed by atoms with Crippen LogP contribution in [0.5, 0.6) is 11.5 Å². The number of hydrogen-bond donors (Lipinski definition) is 4. The second kappa shape index (κ2) is 8.27. The largest absolute Gasteiger partial charge is 0.508 e. The monoisotopic (exact) mass is 407 g/mol. The summed E-state index contributed by atoms with van der Waals surface area (Å²) in [5.41, 5.74) is 5.61. The molecule has 4 rings (SSSR count). The highest BCUT2D eigenvalue weighted by Gasteiger charge is 2.33. The fourth-order valence-corrected chi connectivity index (χ4v) is 4.20. The molecule has 6 heteroatoms. The van der Waals surface area contributed by atoms with Crippen LogP contribution in [0.15, 0.2) is 65.4 Å². The molecule has 150 valence electrons. The van der Waals surface area contributed by atoms with Crippen LogP contribution in [0, 0.1) is 0 Å². The predicted molar refractivity (Wildman–Crippen MR) is 120 cm³/mol. The number of hydrogen-bond acceptors (Lipinski definition) is 4. The lowest BCUT2D eigenvalue weighted by atomic mass is 9.89. The number of thiocarbonyl (C=S) groups is 1. The zero-order valence-corrected chi connectivity index (χ0v) is 17.2. The maximum absolute atomic E-state index is 9.67. The summed E-state index contributed by atoms with van der Waals surface area (Å²) < 4.78 is 0. The summed E-state index contributed by atoms with van der Waals surface area (Å²) in [4.78, 5) is 2.44. The third-order valence-electron chi connectivity index (χ3n) is 5.29. The van der Waals surface area contributed by atoms with Crippen LogP contribution in [0.2, 0.25) is 0 Å². The Bertz CT molecular complexity index is 965. The number of benzene rings is 2. The Morgan fingerprint density at radius 1 is 1.03 bits per heavy atom. The molecule has 0 spiro atoms. The number of phenolic OH excluding ortho intramolecular Hbond substituents is 2. The van der Waals surface area contributed by atoms with E-state index in [0.717, 1.165) is 42.9 Å². The Kier molecular flexibility index (Phi) is 5.56. The Morgan fingerprint density at radius 3 is 2.34 bits per heavy atom. The van der Waals surface area contributed by atoms with E-state index in [9.17, 15) is 10.2 Å². The maximum atomic E-state index is 9.67. The van der Waals surface area contributed by atoms with Crippen molar-refractivity contribution < 1.29 is 10.2 Å². The molecular formula is C23H25N3O2S. The minimum absolute atomic E-state index is 0.0396. The Balaban J connectivity index is 1.78. The summed E-state index contributed by atoms with van der Waals surface area (Å²) in [5.74, 6) is 0.514. The van der Waals surface area contributed by atoms with Gasteiger partial charge in [0.05, 0.1) is 6.04 Å². The van der Waals surface area contributed by atoms with E-state index in [2.05, 4.69) is 28.5 Å². The first-order valence-corrected chi connectivity index (χ1v) is 10.3. The van der Waals surface area contributed by atoms with Crippen LogP contribution in [-0.4, -0.2) is 39.9 Å². The van der Waals surface area contributed by atoms with E-state index in [0.29, 0.717) is 5.11 Å². The molecule has 2 aliphatic rings. The van der Waals surface area contributed by atoms with Crippen molar-refractivity contribution in [2.24, 2.45) is 0 Å². The van der Waals surface area contributed by atoms with Gasteiger partial charge < -0.3 is 20.8 Å². The SMILES string of the molecule is CCCN1CC2=C(NC(=S)NC2c2ccc(O)cc2)/C(=C/c2ccc(O)cc2)C1. The minimum Gasteiger partial charge on any atom is -0.508 e. The summed E-state index contributed by atoms with van der Waals surface area (Å²) in [6.45, 7) is 4.89. The van der Waals surface area contributed by atoms with Gasteiger partial charge in [-0.15, -0.1) is 0 Å². The van der Waals surface area contributed by atoms with Crippen molar-refractivity contribution in [3.63, 3.8) is 0 Å². The molecule has 29 heavy (non-hydrogen) atoms. The standard InChI is InChI=1S/C23H25N3O2S/c1-2-11-26-13-17(12-15-3-7-18(27)8-4-15)22-20(14-26)21(24-23(29)25-22)16-5-9-19(28)10-6-16/h3-10,12,21,27-28H,2,11,13-14H2,1H3,(H2,24,25,29)/b17-12+. The smallest absolute Gasteiger partial charge is 0.171 e. The summed E-state index contributed by atoms with van der Waals surface area (Å²) in [5, 5.41) is 26.6. The average Bonchev–Trinajstić information content (AvgIpc) is 2.71. The van der Waals surface area contributed by atoms with Gasteiger partial charge in [0.25, 0.3) is 0 Å². The van der Waals surface area contributed by atoms with Crippen molar-refractivity contribution >= 4 is 23.4 Å². The predicted octanol–water partition coefficient (Wildman–Crippen LogP) is 3.68. The molecule has 0 fully saturated rings. The van der Waals surface area contributed by atoms with Crippen LogP contribution in [-0.2, 0) is 0 Å². The van der Waals surface area contributed by atoms with Crippen molar-refractivity contribution in [1.29, 1.82) is 0 Å². The van der Waals surface area contributed by atoms with Gasteiger partial charge >= 0.3 is 0 Å². The molecule has 0 aromatic heterocycles. The van der Waals surface area contributed by atoms with Gasteiger partial charge in [0.2, 0.25) is 0 Å². The summed E-state index contributed by atoms with van der Waals surface area (Å²) in [7, 11) is 0.